The molecule has 0 unspecified atom stereocenters. The summed E-state index contributed by atoms with van der Waals surface area (Å²) < 4.78 is 55.6. The minimum absolute atomic E-state index is 0.155. The number of rotatable bonds is 3. The minimum atomic E-state index is -4.65. The number of amides is 1. The third-order valence-corrected chi connectivity index (χ3v) is 7.93. The maximum atomic E-state index is 13.5. The summed E-state index contributed by atoms with van der Waals surface area (Å²) in [5, 5.41) is 5.39. The number of nitrogens with zero attached hydrogens (tertiary/aromatic N) is 4. The fourth-order valence-electron chi connectivity index (χ4n) is 6.03. The second-order valence-corrected chi connectivity index (χ2v) is 9.78. The van der Waals surface area contributed by atoms with E-state index in [4.69, 9.17) is 0 Å². The van der Waals surface area contributed by atoms with Gasteiger partial charge in [0.05, 0.1) is 23.0 Å². The molecule has 3 heterocycles. The van der Waals surface area contributed by atoms with E-state index < -0.39 is 23.3 Å². The summed E-state index contributed by atoms with van der Waals surface area (Å²) in [5.74, 6) is -0.571. The quantitative estimate of drug-likeness (QED) is 0.351. The van der Waals surface area contributed by atoms with Gasteiger partial charge in [0.25, 0.3) is 5.91 Å². The zero-order valence-electron chi connectivity index (χ0n) is 19.6. The molecule has 1 aliphatic carbocycles. The number of benzene rings is 2. The van der Waals surface area contributed by atoms with Crippen molar-refractivity contribution in [1.29, 1.82) is 0 Å². The van der Waals surface area contributed by atoms with Crippen LogP contribution in [0.5, 0.6) is 0 Å². The minimum Gasteiger partial charge on any atom is -0.336 e. The summed E-state index contributed by atoms with van der Waals surface area (Å²) in [6.45, 7) is 4.85. The summed E-state index contributed by atoms with van der Waals surface area (Å²) in [6.07, 6.45) is -1.69. The van der Waals surface area contributed by atoms with Crippen molar-refractivity contribution < 1.29 is 22.4 Å². The molecule has 36 heavy (non-hydrogen) atoms. The van der Waals surface area contributed by atoms with Crippen LogP contribution in [0.4, 0.5) is 17.6 Å². The highest BCUT2D eigenvalue weighted by molar-refractivity contribution is 5.94. The van der Waals surface area contributed by atoms with Gasteiger partial charge >= 0.3 is 6.18 Å². The number of hydrogen-bond donors (Lipinski definition) is 0. The number of hydrogen-bond acceptors (Lipinski definition) is 3. The normalized spacial score (nSPS) is 23.2. The van der Waals surface area contributed by atoms with Gasteiger partial charge in [-0.3, -0.25) is 9.78 Å². The van der Waals surface area contributed by atoms with Crippen LogP contribution >= 0.6 is 0 Å². The molecular weight excluding hydrogens is 472 g/mol. The number of piperidine rings is 1. The summed E-state index contributed by atoms with van der Waals surface area (Å²) in [5.41, 5.74) is 1.83. The molecule has 2 fully saturated rings. The molecule has 2 aliphatic rings. The topological polar surface area (TPSA) is 51.0 Å². The Morgan fingerprint density at radius 3 is 2.61 bits per heavy atom. The molecule has 0 radical (unpaired) electrons. The Bertz CT molecular complexity index is 1510. The van der Waals surface area contributed by atoms with E-state index in [0.29, 0.717) is 13.1 Å². The van der Waals surface area contributed by atoms with Gasteiger partial charge in [-0.2, -0.15) is 18.3 Å². The van der Waals surface area contributed by atoms with E-state index >= 15 is 0 Å². The maximum absolute atomic E-state index is 13.5. The number of aryl methyl sites for hydroxylation is 1. The van der Waals surface area contributed by atoms with Crippen molar-refractivity contribution in [3.05, 3.63) is 89.1 Å². The van der Waals surface area contributed by atoms with Gasteiger partial charge in [0.1, 0.15) is 11.5 Å². The summed E-state index contributed by atoms with van der Waals surface area (Å²) in [4.78, 5) is 18.5. The molecule has 0 spiro atoms. The van der Waals surface area contributed by atoms with Crippen LogP contribution in [0.2, 0.25) is 0 Å². The highest BCUT2D eigenvalue weighted by atomic mass is 19.4. The van der Waals surface area contributed by atoms with Crippen molar-refractivity contribution in [3.8, 4) is 5.69 Å². The van der Waals surface area contributed by atoms with Crippen LogP contribution in [0.1, 0.15) is 34.1 Å². The smallest absolute Gasteiger partial charge is 0.336 e. The van der Waals surface area contributed by atoms with Crippen molar-refractivity contribution in [2.24, 2.45) is 11.8 Å². The van der Waals surface area contributed by atoms with Gasteiger partial charge in [0.2, 0.25) is 0 Å². The Balaban J connectivity index is 1.34. The van der Waals surface area contributed by atoms with Gasteiger partial charge in [-0.25, -0.2) is 9.07 Å². The summed E-state index contributed by atoms with van der Waals surface area (Å²) in [7, 11) is 0. The second kappa shape index (κ2) is 7.62. The highest BCUT2D eigenvalue weighted by Crippen LogP contribution is 2.64. The lowest BCUT2D eigenvalue weighted by molar-refractivity contribution is -0.138. The monoisotopic (exact) mass is 494 g/mol. The van der Waals surface area contributed by atoms with E-state index in [1.165, 1.54) is 29.3 Å². The molecule has 2 aromatic heterocycles. The molecule has 184 valence electrons. The molecule has 2 aromatic carbocycles. The highest BCUT2D eigenvalue weighted by Gasteiger charge is 2.68. The maximum Gasteiger partial charge on any atom is 0.418 e. The standard InChI is InChI=1S/C27H22F4N4O/c1-15-10-23-17(12-33-35(23)19-7-5-18(28)6-8-19)11-21(15)26-14-34(13-22(26)16(26)2)25(36)24-20(27(29,30)31)4-3-9-32-24/h3-12,16,22H,13-14H2,1-2H3/t16-,22-,26+/m1/s1. The van der Waals surface area contributed by atoms with E-state index in [9.17, 15) is 22.4 Å². The van der Waals surface area contributed by atoms with Crippen LogP contribution in [-0.2, 0) is 11.6 Å². The average Bonchev–Trinajstić information content (AvgIpc) is 3.18. The first-order valence-electron chi connectivity index (χ1n) is 11.7. The van der Waals surface area contributed by atoms with E-state index in [0.717, 1.165) is 33.8 Å². The zero-order chi connectivity index (χ0) is 25.4. The Morgan fingerprint density at radius 2 is 1.89 bits per heavy atom. The van der Waals surface area contributed by atoms with E-state index in [1.807, 2.05) is 13.0 Å². The number of halogens is 4. The Morgan fingerprint density at radius 1 is 1.14 bits per heavy atom. The number of carbonyl (C=O) groups excluding carboxylic acids is 1. The third kappa shape index (κ3) is 3.25. The van der Waals surface area contributed by atoms with Gasteiger partial charge in [-0.15, -0.1) is 0 Å². The van der Waals surface area contributed by atoms with E-state index in [2.05, 4.69) is 23.1 Å². The zero-order valence-corrected chi connectivity index (χ0v) is 19.6. The summed E-state index contributed by atoms with van der Waals surface area (Å²) in [6, 6.07) is 12.3. The van der Waals surface area contributed by atoms with Crippen LogP contribution in [0.15, 0.2) is 60.9 Å². The van der Waals surface area contributed by atoms with E-state index in [-0.39, 0.29) is 23.1 Å². The van der Waals surface area contributed by atoms with Crippen molar-refractivity contribution in [1.82, 2.24) is 19.7 Å². The van der Waals surface area contributed by atoms with Crippen LogP contribution in [0.3, 0.4) is 0 Å². The number of carbonyl (C=O) groups is 1. The average molecular weight is 494 g/mol. The number of pyridine rings is 1. The van der Waals surface area contributed by atoms with Crippen molar-refractivity contribution in [2.75, 3.05) is 13.1 Å². The fraction of sp³-hybridized carbons (Fsp3) is 0.296. The molecule has 0 N–H and O–H groups in total. The molecule has 1 aliphatic heterocycles. The lowest BCUT2D eigenvalue weighted by Gasteiger charge is -2.25. The molecule has 0 bridgehead atoms. The van der Waals surface area contributed by atoms with Gasteiger partial charge in [0.15, 0.2) is 0 Å². The molecule has 9 heteroatoms. The number of likely N-dealkylation sites (tertiary alicyclic amines) is 1. The van der Waals surface area contributed by atoms with Crippen molar-refractivity contribution in [2.45, 2.75) is 25.4 Å². The molecule has 1 saturated carbocycles. The Labute approximate surface area is 204 Å². The first-order valence-corrected chi connectivity index (χ1v) is 11.7. The summed E-state index contributed by atoms with van der Waals surface area (Å²) >= 11 is 0. The van der Waals surface area contributed by atoms with Gasteiger partial charge < -0.3 is 4.90 Å². The van der Waals surface area contributed by atoms with E-state index in [1.54, 1.807) is 23.0 Å². The lowest BCUT2D eigenvalue weighted by Crippen LogP contribution is -2.36. The van der Waals surface area contributed by atoms with Crippen molar-refractivity contribution >= 4 is 16.8 Å². The lowest BCUT2D eigenvalue weighted by atomic mass is 9.88. The fourth-order valence-corrected chi connectivity index (χ4v) is 6.03. The number of aromatic nitrogens is 3. The number of fused-ring (bicyclic) bond motifs is 2. The van der Waals surface area contributed by atoms with Crippen LogP contribution in [0.25, 0.3) is 16.6 Å². The number of alkyl halides is 3. The van der Waals surface area contributed by atoms with Gasteiger partial charge in [0, 0.05) is 30.1 Å². The van der Waals surface area contributed by atoms with Gasteiger partial charge in [-0.05, 0) is 78.4 Å². The molecule has 3 atom stereocenters. The molecule has 5 nitrogen and oxygen atoms in total. The van der Waals surface area contributed by atoms with Crippen molar-refractivity contribution in [3.63, 3.8) is 0 Å². The largest absolute Gasteiger partial charge is 0.418 e. The van der Waals surface area contributed by atoms with Gasteiger partial charge in [-0.1, -0.05) is 6.92 Å². The van der Waals surface area contributed by atoms with Crippen LogP contribution < -0.4 is 0 Å². The second-order valence-electron chi connectivity index (χ2n) is 9.78. The van der Waals surface area contributed by atoms with Crippen LogP contribution in [-0.4, -0.2) is 38.7 Å². The first-order chi connectivity index (χ1) is 17.1. The predicted octanol–water partition coefficient (Wildman–Crippen LogP) is 5.55. The predicted molar refractivity (Wildman–Crippen MR) is 125 cm³/mol. The molecule has 6 rings (SSSR count). The molecule has 1 saturated heterocycles. The van der Waals surface area contributed by atoms with Crippen LogP contribution in [0, 0.1) is 24.6 Å². The molecular formula is C27H22F4N4O. The molecule has 1 amide bonds. The third-order valence-electron chi connectivity index (χ3n) is 7.93. The Hall–Kier alpha value is -3.75. The Kier molecular flexibility index (Phi) is 4.81. The first kappa shape index (κ1) is 22.7. The molecule has 4 aromatic rings. The SMILES string of the molecule is Cc1cc2c(cnn2-c2ccc(F)cc2)cc1[C@@]12CN(C(=O)c3ncccc3C(F)(F)F)C[C@@H]1[C@H]2C.